The van der Waals surface area contributed by atoms with E-state index in [4.69, 9.17) is 17.3 Å². The van der Waals surface area contributed by atoms with E-state index in [1.54, 1.807) is 17.0 Å². The molecular formula is C10H12ClN3O. The summed E-state index contributed by atoms with van der Waals surface area (Å²) < 4.78 is 0. The Bertz CT molecular complexity index is 377. The molecule has 0 atom stereocenters. The summed E-state index contributed by atoms with van der Waals surface area (Å²) in [6.07, 6.45) is 0. The van der Waals surface area contributed by atoms with E-state index in [-0.39, 0.29) is 12.1 Å². The Kier molecular flexibility index (Phi) is 2.79. The van der Waals surface area contributed by atoms with E-state index in [1.165, 1.54) is 0 Å². The van der Waals surface area contributed by atoms with E-state index in [1.807, 2.05) is 12.1 Å². The van der Waals surface area contributed by atoms with Gasteiger partial charge in [-0.15, -0.1) is 0 Å². The van der Waals surface area contributed by atoms with E-state index < -0.39 is 0 Å². The van der Waals surface area contributed by atoms with E-state index >= 15 is 0 Å². The van der Waals surface area contributed by atoms with Gasteiger partial charge in [-0.05, 0) is 12.1 Å². The van der Waals surface area contributed by atoms with Crippen molar-refractivity contribution >= 4 is 23.3 Å². The molecule has 1 aromatic carbocycles. The molecular weight excluding hydrogens is 214 g/mol. The van der Waals surface area contributed by atoms with Crippen molar-refractivity contribution in [1.29, 1.82) is 0 Å². The smallest absolute Gasteiger partial charge is 0.321 e. The fourth-order valence-electron chi connectivity index (χ4n) is 1.44. The maximum absolute atomic E-state index is 11.6. The molecule has 0 bridgehead atoms. The Morgan fingerprint density at radius 3 is 2.73 bits per heavy atom. The number of halogens is 1. The molecule has 5 heteroatoms. The van der Waals surface area contributed by atoms with Gasteiger partial charge in [-0.1, -0.05) is 23.7 Å². The summed E-state index contributed by atoms with van der Waals surface area (Å²) >= 11 is 5.90. The molecule has 0 aliphatic carbocycles. The van der Waals surface area contributed by atoms with Crippen LogP contribution in [-0.4, -0.2) is 30.1 Å². The van der Waals surface area contributed by atoms with Gasteiger partial charge in [0.2, 0.25) is 0 Å². The summed E-state index contributed by atoms with van der Waals surface area (Å²) in [5.74, 6) is 0. The SMILES string of the molecule is NC1CN(C(=O)Nc2ccccc2Cl)C1. The predicted octanol–water partition coefficient (Wildman–Crippen LogP) is 1.51. The van der Waals surface area contributed by atoms with Crippen LogP contribution in [-0.2, 0) is 0 Å². The number of carbonyl (C=O) groups excluding carboxylic acids is 1. The highest BCUT2D eigenvalue weighted by atomic mass is 35.5. The molecule has 0 spiro atoms. The van der Waals surface area contributed by atoms with Crippen LogP contribution in [0, 0.1) is 0 Å². The second-order valence-corrected chi connectivity index (χ2v) is 3.98. The molecule has 1 aromatic rings. The maximum Gasteiger partial charge on any atom is 0.321 e. The average molecular weight is 226 g/mol. The molecule has 2 amide bonds. The van der Waals surface area contributed by atoms with Gasteiger partial charge in [-0.25, -0.2) is 4.79 Å². The predicted molar refractivity (Wildman–Crippen MR) is 60.0 cm³/mol. The molecule has 1 saturated heterocycles. The van der Waals surface area contributed by atoms with Crippen LogP contribution in [0.1, 0.15) is 0 Å². The van der Waals surface area contributed by atoms with Crippen LogP contribution in [0.3, 0.4) is 0 Å². The molecule has 0 saturated carbocycles. The van der Waals surface area contributed by atoms with Crippen LogP contribution < -0.4 is 11.1 Å². The number of hydrogen-bond acceptors (Lipinski definition) is 2. The van der Waals surface area contributed by atoms with Crippen molar-refractivity contribution in [2.75, 3.05) is 18.4 Å². The quantitative estimate of drug-likeness (QED) is 0.761. The summed E-state index contributed by atoms with van der Waals surface area (Å²) in [6, 6.07) is 7.10. The number of para-hydroxylation sites is 1. The lowest BCUT2D eigenvalue weighted by atomic mass is 10.1. The molecule has 0 radical (unpaired) electrons. The number of nitrogens with one attached hydrogen (secondary N) is 1. The molecule has 15 heavy (non-hydrogen) atoms. The van der Waals surface area contributed by atoms with Crippen LogP contribution in [0.15, 0.2) is 24.3 Å². The molecule has 1 aliphatic rings. The van der Waals surface area contributed by atoms with Crippen molar-refractivity contribution in [2.45, 2.75) is 6.04 Å². The highest BCUT2D eigenvalue weighted by Crippen LogP contribution is 2.21. The maximum atomic E-state index is 11.6. The molecule has 80 valence electrons. The molecule has 3 N–H and O–H groups in total. The van der Waals surface area contributed by atoms with E-state index in [0.717, 1.165) is 0 Å². The van der Waals surface area contributed by atoms with Gasteiger partial charge in [0.15, 0.2) is 0 Å². The highest BCUT2D eigenvalue weighted by Gasteiger charge is 2.27. The minimum absolute atomic E-state index is 0.113. The molecule has 1 fully saturated rings. The number of nitrogens with two attached hydrogens (primary N) is 1. The number of anilines is 1. The van der Waals surface area contributed by atoms with Crippen molar-refractivity contribution in [2.24, 2.45) is 5.73 Å². The van der Waals surface area contributed by atoms with Crippen LogP contribution in [0.5, 0.6) is 0 Å². The second kappa shape index (κ2) is 4.08. The first-order valence-electron chi connectivity index (χ1n) is 4.73. The molecule has 1 heterocycles. The number of urea groups is 1. The zero-order valence-electron chi connectivity index (χ0n) is 8.11. The van der Waals surface area contributed by atoms with Crippen molar-refractivity contribution in [3.63, 3.8) is 0 Å². The fourth-order valence-corrected chi connectivity index (χ4v) is 1.62. The summed E-state index contributed by atoms with van der Waals surface area (Å²) in [7, 11) is 0. The van der Waals surface area contributed by atoms with E-state index in [2.05, 4.69) is 5.32 Å². The number of amides is 2. The number of likely N-dealkylation sites (tertiary alicyclic amines) is 1. The summed E-state index contributed by atoms with van der Waals surface area (Å²) in [5.41, 5.74) is 6.21. The first kappa shape index (κ1) is 10.3. The number of nitrogens with zero attached hydrogens (tertiary/aromatic N) is 1. The topological polar surface area (TPSA) is 58.4 Å². The van der Waals surface area contributed by atoms with Gasteiger partial charge in [0.1, 0.15) is 0 Å². The third kappa shape index (κ3) is 2.22. The summed E-state index contributed by atoms with van der Waals surface area (Å²) in [6.45, 7) is 1.21. The van der Waals surface area contributed by atoms with Crippen LogP contribution in [0.4, 0.5) is 10.5 Å². The number of rotatable bonds is 1. The van der Waals surface area contributed by atoms with Crippen LogP contribution >= 0.6 is 11.6 Å². The van der Waals surface area contributed by atoms with Crippen LogP contribution in [0.25, 0.3) is 0 Å². The highest BCUT2D eigenvalue weighted by molar-refractivity contribution is 6.33. The zero-order valence-corrected chi connectivity index (χ0v) is 8.87. The standard InChI is InChI=1S/C10H12ClN3O/c11-8-3-1-2-4-9(8)13-10(15)14-5-7(12)6-14/h1-4,7H,5-6,12H2,(H,13,15). The third-order valence-corrected chi connectivity index (χ3v) is 2.64. The largest absolute Gasteiger partial charge is 0.325 e. The Hall–Kier alpha value is -1.26. The van der Waals surface area contributed by atoms with Gasteiger partial charge in [-0.3, -0.25) is 0 Å². The third-order valence-electron chi connectivity index (χ3n) is 2.31. The summed E-state index contributed by atoms with van der Waals surface area (Å²) in [5, 5.41) is 3.27. The second-order valence-electron chi connectivity index (χ2n) is 3.58. The van der Waals surface area contributed by atoms with Gasteiger partial charge in [0, 0.05) is 19.1 Å². The molecule has 0 unspecified atom stereocenters. The van der Waals surface area contributed by atoms with Crippen molar-refractivity contribution < 1.29 is 4.79 Å². The number of benzene rings is 1. The van der Waals surface area contributed by atoms with Crippen molar-refractivity contribution in [1.82, 2.24) is 4.90 Å². The number of hydrogen-bond donors (Lipinski definition) is 2. The van der Waals surface area contributed by atoms with Gasteiger partial charge in [0.25, 0.3) is 0 Å². The van der Waals surface area contributed by atoms with E-state index in [9.17, 15) is 4.79 Å². The van der Waals surface area contributed by atoms with Gasteiger partial charge >= 0.3 is 6.03 Å². The van der Waals surface area contributed by atoms with Gasteiger partial charge < -0.3 is 16.0 Å². The molecule has 0 aromatic heterocycles. The molecule has 2 rings (SSSR count). The Morgan fingerprint density at radius 1 is 1.47 bits per heavy atom. The minimum atomic E-state index is -0.148. The summed E-state index contributed by atoms with van der Waals surface area (Å²) in [4.78, 5) is 13.2. The zero-order chi connectivity index (χ0) is 10.8. The van der Waals surface area contributed by atoms with Crippen LogP contribution in [0.2, 0.25) is 5.02 Å². The van der Waals surface area contributed by atoms with E-state index in [0.29, 0.717) is 23.8 Å². The first-order valence-corrected chi connectivity index (χ1v) is 5.10. The monoisotopic (exact) mass is 225 g/mol. The lowest BCUT2D eigenvalue weighted by Crippen LogP contribution is -2.58. The normalized spacial score (nSPS) is 16.0. The lowest BCUT2D eigenvalue weighted by Gasteiger charge is -2.36. The van der Waals surface area contributed by atoms with Crippen molar-refractivity contribution in [3.05, 3.63) is 29.3 Å². The Morgan fingerprint density at radius 2 is 2.13 bits per heavy atom. The van der Waals surface area contributed by atoms with Crippen molar-refractivity contribution in [3.8, 4) is 0 Å². The Labute approximate surface area is 93.0 Å². The fraction of sp³-hybridized carbons (Fsp3) is 0.300. The number of carbonyl (C=O) groups is 1. The van der Waals surface area contributed by atoms with Gasteiger partial charge in [0.05, 0.1) is 10.7 Å². The lowest BCUT2D eigenvalue weighted by molar-refractivity contribution is 0.165. The average Bonchev–Trinajstić information content (AvgIpc) is 2.17. The molecule has 4 nitrogen and oxygen atoms in total. The molecule has 1 aliphatic heterocycles. The Balaban J connectivity index is 1.97. The van der Waals surface area contributed by atoms with Gasteiger partial charge in [-0.2, -0.15) is 0 Å². The first-order chi connectivity index (χ1) is 7.16. The minimum Gasteiger partial charge on any atom is -0.325 e.